The molecule has 0 unspecified atom stereocenters. The fraction of sp³-hybridized carbons (Fsp3) is 0. The van der Waals surface area contributed by atoms with Crippen LogP contribution in [0.5, 0.6) is 0 Å². The molecule has 0 bridgehead atoms. The Morgan fingerprint density at radius 3 is 0.889 bits per heavy atom. The third-order valence-corrected chi connectivity index (χ3v) is 0. The van der Waals surface area contributed by atoms with Crippen molar-refractivity contribution in [3.8, 4) is 0 Å². The van der Waals surface area contributed by atoms with Gasteiger partial charge in [-0.05, 0) is 0 Å². The quantitative estimate of drug-likeness (QED) is 0.284. The Morgan fingerprint density at radius 1 is 0.889 bits per heavy atom. The second kappa shape index (κ2) is 49.9. The largest absolute Gasteiger partial charge is 0.412 e. The van der Waals surface area contributed by atoms with Gasteiger partial charge in [0.15, 0.2) is 0 Å². The van der Waals surface area contributed by atoms with Crippen LogP contribution in [0, 0.1) is 15.3 Å². The summed E-state index contributed by atoms with van der Waals surface area (Å²) < 4.78 is 0. The maximum absolute atomic E-state index is 8.25. The summed E-state index contributed by atoms with van der Waals surface area (Å²) in [4.78, 5) is 8.25. The van der Waals surface area contributed by atoms with Gasteiger partial charge in [0.25, 0.3) is 0 Å². The summed E-state index contributed by atoms with van der Waals surface area (Å²) >= 11 is 0. The van der Waals surface area contributed by atoms with Crippen molar-refractivity contribution in [2.45, 2.75) is 0 Å². The van der Waals surface area contributed by atoms with Crippen LogP contribution in [-0.4, -0.2) is 27.0 Å². The van der Waals surface area contributed by atoms with E-state index in [2.05, 4.69) is 0 Å². The molecule has 0 aromatic rings. The molecule has 65 valence electrons. The van der Waals surface area contributed by atoms with Crippen molar-refractivity contribution in [2.75, 3.05) is 0 Å². The molecule has 0 aliphatic rings. The summed E-state index contributed by atoms with van der Waals surface area (Å²) in [7, 11) is 0. The van der Waals surface area contributed by atoms with Gasteiger partial charge in [0, 0.05) is 16.8 Å². The molecule has 0 spiro atoms. The summed E-state index contributed by atoms with van der Waals surface area (Å²) in [6.07, 6.45) is 0. The molecule has 9 heavy (non-hydrogen) atoms. The smallest absolute Gasteiger partial charge is 0.0689 e. The van der Waals surface area contributed by atoms with Gasteiger partial charge in [0.2, 0.25) is 0 Å². The van der Waals surface area contributed by atoms with E-state index in [1.54, 1.807) is 0 Å². The van der Waals surface area contributed by atoms with Crippen LogP contribution in [0.1, 0.15) is 0 Å². The van der Waals surface area contributed by atoms with Crippen LogP contribution >= 0.6 is 0 Å². The Hall–Kier alpha value is -0.454. The van der Waals surface area contributed by atoms with Gasteiger partial charge >= 0.3 is 0 Å². The van der Waals surface area contributed by atoms with Crippen molar-refractivity contribution in [3.05, 3.63) is 15.3 Å². The van der Waals surface area contributed by atoms with Crippen LogP contribution in [0.15, 0.2) is 0 Å². The van der Waals surface area contributed by atoms with Crippen molar-refractivity contribution in [1.29, 1.82) is 0 Å². The second-order valence-corrected chi connectivity index (χ2v) is 0.224. The van der Waals surface area contributed by atoms with Gasteiger partial charge in [0.1, 0.15) is 0 Å². The zero-order chi connectivity index (χ0) is 3.58. The molecule has 0 heterocycles. The Labute approximate surface area is 60.0 Å². The van der Waals surface area contributed by atoms with Gasteiger partial charge in [-0.3, -0.25) is 0 Å². The SMILES string of the molecule is O.O.O.O.O=[N+]([O-])[O-].[Co]. The molecule has 0 aromatic carbocycles. The third kappa shape index (κ3) is 1130. The van der Waals surface area contributed by atoms with E-state index in [1.807, 2.05) is 0 Å². The first-order valence-electron chi connectivity index (χ1n) is 0.548. The van der Waals surface area contributed by atoms with E-state index < -0.39 is 5.09 Å². The summed E-state index contributed by atoms with van der Waals surface area (Å²) in [5, 5.41) is 14.8. The monoisotopic (exact) mass is 193 g/mol. The molecular formula is H8CoNO7-. The maximum Gasteiger partial charge on any atom is 0.0689 e. The molecule has 0 saturated carbocycles. The molecule has 9 heteroatoms. The summed E-state index contributed by atoms with van der Waals surface area (Å²) in [6, 6.07) is 0. The molecule has 1 radical (unpaired) electrons. The predicted molar refractivity (Wildman–Crippen MR) is 24.8 cm³/mol. The molecule has 0 fully saturated rings. The normalized spacial score (nSPS) is 2.67. The molecule has 8 nitrogen and oxygen atoms in total. The maximum atomic E-state index is 8.25. The van der Waals surface area contributed by atoms with E-state index in [0.717, 1.165) is 0 Å². The Bertz CT molecular complexity index is 31.9. The first-order valence-corrected chi connectivity index (χ1v) is 0.548. The molecule has 0 atom stereocenters. The first kappa shape index (κ1) is 75.1. The number of hydrogen-bond donors (Lipinski definition) is 0. The second-order valence-electron chi connectivity index (χ2n) is 0.224. The molecular weight excluding hydrogens is 185 g/mol. The van der Waals surface area contributed by atoms with Gasteiger partial charge in [-0.1, -0.05) is 0 Å². The van der Waals surface area contributed by atoms with Crippen molar-refractivity contribution >= 4 is 0 Å². The van der Waals surface area contributed by atoms with Crippen molar-refractivity contribution < 1.29 is 43.8 Å². The van der Waals surface area contributed by atoms with E-state index in [1.165, 1.54) is 0 Å². The minimum absolute atomic E-state index is 0. The minimum atomic E-state index is -1.75. The van der Waals surface area contributed by atoms with Crippen LogP contribution in [-0.2, 0) is 16.8 Å². The first-order chi connectivity index (χ1) is 1.73. The van der Waals surface area contributed by atoms with Crippen LogP contribution in [0.3, 0.4) is 0 Å². The molecule has 0 saturated heterocycles. The van der Waals surface area contributed by atoms with Crippen LogP contribution in [0.4, 0.5) is 0 Å². The molecule has 8 N–H and O–H groups in total. The molecule has 0 rings (SSSR count). The van der Waals surface area contributed by atoms with E-state index in [9.17, 15) is 0 Å². The average Bonchev–Trinajstić information content (AvgIpc) is 0.811. The minimum Gasteiger partial charge on any atom is -0.412 e. The zero-order valence-corrected chi connectivity index (χ0v) is 5.05. The van der Waals surface area contributed by atoms with Crippen molar-refractivity contribution in [2.24, 2.45) is 0 Å². The summed E-state index contributed by atoms with van der Waals surface area (Å²) in [5.41, 5.74) is 0. The molecule has 0 amide bonds. The third-order valence-electron chi connectivity index (χ3n) is 0. The fourth-order valence-electron chi connectivity index (χ4n) is 0. The van der Waals surface area contributed by atoms with E-state index >= 15 is 0 Å². The molecule has 0 aliphatic heterocycles. The van der Waals surface area contributed by atoms with Crippen LogP contribution in [0.25, 0.3) is 0 Å². The van der Waals surface area contributed by atoms with Crippen LogP contribution < -0.4 is 0 Å². The number of rotatable bonds is 0. The van der Waals surface area contributed by atoms with Gasteiger partial charge in [-0.2, -0.15) is 0 Å². The van der Waals surface area contributed by atoms with Crippen molar-refractivity contribution in [3.63, 3.8) is 0 Å². The predicted octanol–water partition coefficient (Wildman–Crippen LogP) is -3.54. The Kier molecular flexibility index (Phi) is 416. The summed E-state index contributed by atoms with van der Waals surface area (Å²) in [6.45, 7) is 0. The number of nitrogens with zero attached hydrogens (tertiary/aromatic N) is 1. The standard InChI is InChI=1S/Co.NO3.4H2O/c;2-1(3)4;;;;/h;;4*1H2/q;-1;;;;. The fourth-order valence-corrected chi connectivity index (χ4v) is 0. The van der Waals surface area contributed by atoms with Gasteiger partial charge in [0.05, 0.1) is 5.09 Å². The topological polar surface area (TPSA) is 192 Å². The van der Waals surface area contributed by atoms with Gasteiger partial charge < -0.3 is 37.2 Å². The van der Waals surface area contributed by atoms with Crippen molar-refractivity contribution in [1.82, 2.24) is 0 Å². The average molecular weight is 193 g/mol. The van der Waals surface area contributed by atoms with Gasteiger partial charge in [-0.25, -0.2) is 0 Å². The zero-order valence-electron chi connectivity index (χ0n) is 4.01. The van der Waals surface area contributed by atoms with E-state index in [-0.39, 0.29) is 38.7 Å². The van der Waals surface area contributed by atoms with E-state index in [4.69, 9.17) is 15.3 Å². The van der Waals surface area contributed by atoms with E-state index in [0.29, 0.717) is 0 Å². The molecule has 0 aromatic heterocycles. The Balaban J connectivity index is -0.00000000450. The summed E-state index contributed by atoms with van der Waals surface area (Å²) in [5.74, 6) is 0. The van der Waals surface area contributed by atoms with Gasteiger partial charge in [-0.15, -0.1) is 0 Å². The molecule has 0 aliphatic carbocycles. The number of hydrogen-bond acceptors (Lipinski definition) is 3. The van der Waals surface area contributed by atoms with Crippen LogP contribution in [0.2, 0.25) is 0 Å². The Morgan fingerprint density at radius 2 is 0.889 bits per heavy atom.